The van der Waals surface area contributed by atoms with Gasteiger partial charge in [0.1, 0.15) is 22.9 Å². The number of fused-ring (bicyclic) bond motifs is 1. The van der Waals surface area contributed by atoms with Gasteiger partial charge in [-0.3, -0.25) is 19.2 Å². The summed E-state index contributed by atoms with van der Waals surface area (Å²) in [6.07, 6.45) is -0.884. The molecule has 36 heavy (non-hydrogen) atoms. The number of anilines is 1. The predicted octanol–water partition coefficient (Wildman–Crippen LogP) is 4.03. The molecule has 0 atom stereocenters. The highest BCUT2D eigenvalue weighted by atomic mass is 19.3. The minimum absolute atomic E-state index is 0.0402. The largest absolute Gasteiger partial charge is 0.340 e. The lowest BCUT2D eigenvalue weighted by atomic mass is 9.69. The first-order valence-corrected chi connectivity index (χ1v) is 11.6. The van der Waals surface area contributed by atoms with Crippen LogP contribution in [-0.4, -0.2) is 39.4 Å². The summed E-state index contributed by atoms with van der Waals surface area (Å²) < 4.78 is 56.7. The van der Waals surface area contributed by atoms with Crippen LogP contribution in [0.1, 0.15) is 70.3 Å². The monoisotopic (exact) mass is 507 g/mol. The Morgan fingerprint density at radius 2 is 1.64 bits per heavy atom. The van der Waals surface area contributed by atoms with Crippen LogP contribution in [0, 0.1) is 25.5 Å². The van der Waals surface area contributed by atoms with Crippen LogP contribution in [0.3, 0.4) is 0 Å². The SMILES string of the molecule is CCC(=O)C1(NC(=O)C(=O)c2c(C)c(C(=O)Nc3cc(F)c(C)c(F)c3)n3c2CCC3)CC(F)(F)C1. The summed E-state index contributed by atoms with van der Waals surface area (Å²) in [4.78, 5) is 51.4. The van der Waals surface area contributed by atoms with Crippen molar-refractivity contribution in [3.8, 4) is 0 Å². The molecule has 192 valence electrons. The van der Waals surface area contributed by atoms with E-state index in [4.69, 9.17) is 0 Å². The molecule has 7 nitrogen and oxygen atoms in total. The highest BCUT2D eigenvalue weighted by Crippen LogP contribution is 2.46. The Kier molecular flexibility index (Phi) is 6.30. The number of nitrogens with zero attached hydrogens (tertiary/aromatic N) is 1. The second-order valence-corrected chi connectivity index (χ2v) is 9.42. The molecule has 1 aliphatic heterocycles. The summed E-state index contributed by atoms with van der Waals surface area (Å²) in [5, 5.41) is 4.67. The lowest BCUT2D eigenvalue weighted by molar-refractivity contribution is -0.163. The molecule has 2 aliphatic rings. The summed E-state index contributed by atoms with van der Waals surface area (Å²) in [7, 11) is 0. The normalized spacial score (nSPS) is 17.2. The molecule has 2 N–H and O–H groups in total. The number of rotatable bonds is 7. The fraction of sp³-hybridized carbons (Fsp3) is 0.440. The Hall–Kier alpha value is -3.50. The van der Waals surface area contributed by atoms with E-state index in [2.05, 4.69) is 10.6 Å². The van der Waals surface area contributed by atoms with Crippen LogP contribution in [0.5, 0.6) is 0 Å². The first-order chi connectivity index (χ1) is 16.8. The number of hydrogen-bond donors (Lipinski definition) is 2. The summed E-state index contributed by atoms with van der Waals surface area (Å²) in [5.41, 5.74) is -1.52. The van der Waals surface area contributed by atoms with Crippen molar-refractivity contribution in [3.05, 3.63) is 51.8 Å². The molecule has 1 aromatic heterocycles. The molecule has 0 bridgehead atoms. The smallest absolute Gasteiger partial charge is 0.293 e. The van der Waals surface area contributed by atoms with Gasteiger partial charge in [-0.1, -0.05) is 6.92 Å². The third kappa shape index (κ3) is 4.20. The average Bonchev–Trinajstić information content (AvgIpc) is 3.34. The highest BCUT2D eigenvalue weighted by molar-refractivity contribution is 6.44. The van der Waals surface area contributed by atoms with E-state index in [9.17, 15) is 36.7 Å². The first-order valence-electron chi connectivity index (χ1n) is 11.6. The molecule has 0 radical (unpaired) electrons. The van der Waals surface area contributed by atoms with Crippen LogP contribution in [0.4, 0.5) is 23.2 Å². The Balaban J connectivity index is 1.63. The maximum Gasteiger partial charge on any atom is 0.293 e. The van der Waals surface area contributed by atoms with Crippen molar-refractivity contribution in [1.29, 1.82) is 0 Å². The van der Waals surface area contributed by atoms with Crippen LogP contribution >= 0.6 is 0 Å². The third-order valence-corrected chi connectivity index (χ3v) is 6.93. The number of alkyl halides is 2. The molecule has 2 heterocycles. The summed E-state index contributed by atoms with van der Waals surface area (Å²) in [6.45, 7) is 4.57. The van der Waals surface area contributed by atoms with E-state index in [1.54, 1.807) is 4.57 Å². The van der Waals surface area contributed by atoms with Crippen molar-refractivity contribution in [2.75, 3.05) is 5.32 Å². The molecule has 0 saturated heterocycles. The van der Waals surface area contributed by atoms with Crippen LogP contribution < -0.4 is 10.6 Å². The van der Waals surface area contributed by atoms with Crippen molar-refractivity contribution in [3.63, 3.8) is 0 Å². The zero-order valence-corrected chi connectivity index (χ0v) is 20.0. The van der Waals surface area contributed by atoms with E-state index in [1.807, 2.05) is 0 Å². The number of aromatic nitrogens is 1. The van der Waals surface area contributed by atoms with Crippen molar-refractivity contribution < 1.29 is 36.7 Å². The minimum Gasteiger partial charge on any atom is -0.340 e. The summed E-state index contributed by atoms with van der Waals surface area (Å²) >= 11 is 0. The number of hydrogen-bond acceptors (Lipinski definition) is 4. The van der Waals surface area contributed by atoms with E-state index in [1.165, 1.54) is 20.8 Å². The van der Waals surface area contributed by atoms with Gasteiger partial charge in [-0.2, -0.15) is 0 Å². The molecule has 2 amide bonds. The van der Waals surface area contributed by atoms with Crippen LogP contribution in [0.25, 0.3) is 0 Å². The van der Waals surface area contributed by atoms with Gasteiger partial charge in [0.2, 0.25) is 0 Å². The van der Waals surface area contributed by atoms with Gasteiger partial charge in [0, 0.05) is 42.8 Å². The van der Waals surface area contributed by atoms with Gasteiger partial charge >= 0.3 is 0 Å². The van der Waals surface area contributed by atoms with Gasteiger partial charge in [0.15, 0.2) is 5.78 Å². The molecular formula is C25H25F4N3O4. The molecule has 2 aromatic rings. The number of carbonyl (C=O) groups excluding carboxylic acids is 4. The van der Waals surface area contributed by atoms with E-state index in [-0.39, 0.29) is 34.5 Å². The Morgan fingerprint density at radius 3 is 2.19 bits per heavy atom. The van der Waals surface area contributed by atoms with E-state index < -0.39 is 59.3 Å². The average molecular weight is 507 g/mol. The van der Waals surface area contributed by atoms with E-state index in [0.29, 0.717) is 25.1 Å². The van der Waals surface area contributed by atoms with E-state index in [0.717, 1.165) is 12.1 Å². The van der Waals surface area contributed by atoms with Crippen molar-refractivity contribution >= 4 is 29.1 Å². The van der Waals surface area contributed by atoms with Crippen LogP contribution in [0.15, 0.2) is 12.1 Å². The van der Waals surface area contributed by atoms with Gasteiger partial charge in [-0.15, -0.1) is 0 Å². The lowest BCUT2D eigenvalue weighted by Gasteiger charge is -2.46. The Bertz CT molecular complexity index is 1280. The molecule has 1 saturated carbocycles. The number of halogens is 4. The molecule has 0 unspecified atom stereocenters. The number of amides is 2. The van der Waals surface area contributed by atoms with Gasteiger partial charge in [0.05, 0.1) is 5.56 Å². The zero-order chi connectivity index (χ0) is 26.6. The molecule has 1 aromatic carbocycles. The standard InChI is InChI=1S/C25H25F4N3O4/c1-4-18(33)24(10-25(28,29)11-24)31-23(36)21(34)19-13(3)20(32-7-5-6-17(19)32)22(35)30-14-8-15(26)12(2)16(27)9-14/h8-9H,4-7,10-11H2,1-3H3,(H,30,35)(H,31,36). The van der Waals surface area contributed by atoms with Gasteiger partial charge < -0.3 is 15.2 Å². The topological polar surface area (TPSA) is 97.3 Å². The van der Waals surface area contributed by atoms with Crippen molar-refractivity contribution in [1.82, 2.24) is 9.88 Å². The fourth-order valence-corrected chi connectivity index (χ4v) is 5.13. The molecule has 1 aliphatic carbocycles. The molecule has 11 heteroatoms. The van der Waals surface area contributed by atoms with Crippen LogP contribution in [-0.2, 0) is 22.6 Å². The molecule has 1 fully saturated rings. The quantitative estimate of drug-likeness (QED) is 0.336. The van der Waals surface area contributed by atoms with Crippen molar-refractivity contribution in [2.24, 2.45) is 0 Å². The Labute approximate surface area is 204 Å². The molecule has 0 spiro atoms. The Morgan fingerprint density at radius 1 is 1.03 bits per heavy atom. The van der Waals surface area contributed by atoms with E-state index >= 15 is 0 Å². The number of ketones is 2. The fourth-order valence-electron chi connectivity index (χ4n) is 5.13. The second-order valence-electron chi connectivity index (χ2n) is 9.42. The molecule has 4 rings (SSSR count). The highest BCUT2D eigenvalue weighted by Gasteiger charge is 2.61. The number of benzene rings is 1. The minimum atomic E-state index is -3.12. The number of carbonyl (C=O) groups is 4. The lowest BCUT2D eigenvalue weighted by Crippen LogP contribution is -2.67. The third-order valence-electron chi connectivity index (χ3n) is 6.93. The second kappa shape index (κ2) is 8.86. The summed E-state index contributed by atoms with van der Waals surface area (Å²) in [5.74, 6) is -8.36. The maximum absolute atomic E-state index is 13.9. The van der Waals surface area contributed by atoms with Gasteiger partial charge in [-0.25, -0.2) is 17.6 Å². The molecular weight excluding hydrogens is 482 g/mol. The van der Waals surface area contributed by atoms with Gasteiger partial charge in [-0.05, 0) is 44.4 Å². The zero-order valence-electron chi connectivity index (χ0n) is 20.0. The maximum atomic E-state index is 13.9. The van der Waals surface area contributed by atoms with Crippen LogP contribution in [0.2, 0.25) is 0 Å². The first kappa shape index (κ1) is 25.6. The summed E-state index contributed by atoms with van der Waals surface area (Å²) in [6, 6.07) is 1.94. The van der Waals surface area contributed by atoms with Gasteiger partial charge in [0.25, 0.3) is 23.5 Å². The number of Topliss-reactive ketones (excluding diaryl/α,β-unsaturated/α-hetero) is 2. The van der Waals surface area contributed by atoms with Crippen molar-refractivity contribution in [2.45, 2.75) is 70.9 Å². The number of nitrogens with one attached hydrogen (secondary N) is 2. The predicted molar refractivity (Wildman–Crippen MR) is 121 cm³/mol.